The zero-order valence-corrected chi connectivity index (χ0v) is 13.9. The van der Waals surface area contributed by atoms with Gasteiger partial charge in [-0.05, 0) is 52.0 Å². The first kappa shape index (κ1) is 16.5. The molecule has 1 aliphatic heterocycles. The van der Waals surface area contributed by atoms with Crippen molar-refractivity contribution in [2.24, 2.45) is 0 Å². The van der Waals surface area contributed by atoms with Crippen LogP contribution in [-0.4, -0.2) is 56.1 Å². The number of benzene rings is 1. The van der Waals surface area contributed by atoms with Crippen LogP contribution in [0.2, 0.25) is 0 Å². The summed E-state index contributed by atoms with van der Waals surface area (Å²) in [5, 5.41) is 3.73. The Labute approximate surface area is 130 Å². The molecule has 0 amide bonds. The molecule has 21 heavy (non-hydrogen) atoms. The van der Waals surface area contributed by atoms with Gasteiger partial charge in [0.1, 0.15) is 0 Å². The fraction of sp³-hybridized carbons (Fsp3) is 0.667. The maximum Gasteiger partial charge on any atom is 0.0449 e. The summed E-state index contributed by atoms with van der Waals surface area (Å²) in [6.07, 6.45) is 3.84. The molecule has 2 unspecified atom stereocenters. The Kier molecular flexibility index (Phi) is 6.68. The van der Waals surface area contributed by atoms with E-state index in [1.165, 1.54) is 37.9 Å². The number of piperazine rings is 1. The number of unbranched alkanes of at least 4 members (excludes halogenated alkanes) is 1. The highest BCUT2D eigenvalue weighted by atomic mass is 15.2. The largest absolute Gasteiger partial charge is 0.309 e. The van der Waals surface area contributed by atoms with Gasteiger partial charge in [0.15, 0.2) is 0 Å². The van der Waals surface area contributed by atoms with Crippen molar-refractivity contribution in [3.05, 3.63) is 35.9 Å². The van der Waals surface area contributed by atoms with Crippen LogP contribution in [0.3, 0.4) is 0 Å². The second kappa shape index (κ2) is 8.52. The fourth-order valence-electron chi connectivity index (χ4n) is 3.18. The van der Waals surface area contributed by atoms with E-state index in [1.54, 1.807) is 0 Å². The highest BCUT2D eigenvalue weighted by Crippen LogP contribution is 2.21. The van der Waals surface area contributed by atoms with Gasteiger partial charge in [-0.15, -0.1) is 0 Å². The minimum absolute atomic E-state index is 0.489. The van der Waals surface area contributed by atoms with Gasteiger partial charge >= 0.3 is 0 Å². The maximum absolute atomic E-state index is 3.73. The van der Waals surface area contributed by atoms with Gasteiger partial charge in [0.2, 0.25) is 0 Å². The monoisotopic (exact) mass is 289 g/mol. The second-order valence-electron chi connectivity index (χ2n) is 6.44. The van der Waals surface area contributed by atoms with Gasteiger partial charge in [-0.2, -0.15) is 0 Å². The molecule has 0 aliphatic carbocycles. The van der Waals surface area contributed by atoms with E-state index < -0.39 is 0 Å². The van der Waals surface area contributed by atoms with E-state index in [0.29, 0.717) is 12.1 Å². The van der Waals surface area contributed by atoms with Crippen LogP contribution >= 0.6 is 0 Å². The molecule has 3 nitrogen and oxygen atoms in total. The number of hydrogen-bond acceptors (Lipinski definition) is 3. The van der Waals surface area contributed by atoms with Crippen molar-refractivity contribution in [3.8, 4) is 0 Å². The lowest BCUT2D eigenvalue weighted by atomic mass is 10.0. The highest BCUT2D eigenvalue weighted by Gasteiger charge is 2.26. The Bertz CT molecular complexity index is 391. The van der Waals surface area contributed by atoms with Crippen LogP contribution in [-0.2, 0) is 0 Å². The van der Waals surface area contributed by atoms with Crippen LogP contribution in [0.5, 0.6) is 0 Å². The molecule has 3 heteroatoms. The van der Waals surface area contributed by atoms with Crippen molar-refractivity contribution < 1.29 is 0 Å². The van der Waals surface area contributed by atoms with Crippen molar-refractivity contribution in [2.45, 2.75) is 38.3 Å². The predicted molar refractivity (Wildman–Crippen MR) is 90.6 cm³/mol. The molecule has 1 fully saturated rings. The Balaban J connectivity index is 1.87. The summed E-state index contributed by atoms with van der Waals surface area (Å²) in [7, 11) is 4.32. The number of hydrogen-bond donors (Lipinski definition) is 1. The van der Waals surface area contributed by atoms with E-state index >= 15 is 0 Å². The summed E-state index contributed by atoms with van der Waals surface area (Å²) in [5.41, 5.74) is 1.42. The summed E-state index contributed by atoms with van der Waals surface area (Å²) >= 11 is 0. The third kappa shape index (κ3) is 5.10. The van der Waals surface area contributed by atoms with Crippen molar-refractivity contribution in [3.63, 3.8) is 0 Å². The van der Waals surface area contributed by atoms with Gasteiger partial charge in [-0.25, -0.2) is 0 Å². The van der Waals surface area contributed by atoms with E-state index in [4.69, 9.17) is 0 Å². The molecule has 118 valence electrons. The zero-order chi connectivity index (χ0) is 15.1. The van der Waals surface area contributed by atoms with Crippen molar-refractivity contribution >= 4 is 0 Å². The van der Waals surface area contributed by atoms with E-state index in [1.807, 2.05) is 0 Å². The standard InChI is InChI=1S/C18H31N3/c1-4-17-14-19-18(16-10-6-5-7-11-16)15-21(17)13-9-8-12-20(2)3/h5-7,10-11,17-19H,4,8-9,12-15H2,1-3H3. The van der Waals surface area contributed by atoms with Crippen LogP contribution in [0, 0.1) is 0 Å². The van der Waals surface area contributed by atoms with E-state index in [2.05, 4.69) is 66.5 Å². The summed E-state index contributed by atoms with van der Waals surface area (Å²) in [4.78, 5) is 4.98. The minimum atomic E-state index is 0.489. The molecular weight excluding hydrogens is 258 g/mol. The van der Waals surface area contributed by atoms with Crippen LogP contribution in [0.1, 0.15) is 37.8 Å². The number of nitrogens with zero attached hydrogens (tertiary/aromatic N) is 2. The normalized spacial score (nSPS) is 23.6. The van der Waals surface area contributed by atoms with Crippen LogP contribution in [0.4, 0.5) is 0 Å². The molecule has 1 N–H and O–H groups in total. The molecule has 0 spiro atoms. The van der Waals surface area contributed by atoms with Crippen LogP contribution < -0.4 is 5.32 Å². The van der Waals surface area contributed by atoms with Crippen molar-refractivity contribution in [1.29, 1.82) is 0 Å². The van der Waals surface area contributed by atoms with Crippen LogP contribution in [0.15, 0.2) is 30.3 Å². The van der Waals surface area contributed by atoms with Gasteiger partial charge in [-0.3, -0.25) is 4.90 Å². The van der Waals surface area contributed by atoms with E-state index in [0.717, 1.165) is 13.1 Å². The Morgan fingerprint density at radius 1 is 1.19 bits per heavy atom. The summed E-state index contributed by atoms with van der Waals surface area (Å²) in [5.74, 6) is 0. The molecule has 1 heterocycles. The second-order valence-corrected chi connectivity index (χ2v) is 6.44. The number of rotatable bonds is 7. The molecule has 0 bridgehead atoms. The molecule has 0 aromatic heterocycles. The van der Waals surface area contributed by atoms with Gasteiger partial charge in [0.05, 0.1) is 0 Å². The average Bonchev–Trinajstić information content (AvgIpc) is 2.52. The minimum Gasteiger partial charge on any atom is -0.309 e. The third-order valence-corrected chi connectivity index (χ3v) is 4.51. The highest BCUT2D eigenvalue weighted by molar-refractivity contribution is 5.20. The summed E-state index contributed by atoms with van der Waals surface area (Å²) in [6, 6.07) is 12.1. The first-order chi connectivity index (χ1) is 10.2. The van der Waals surface area contributed by atoms with Gasteiger partial charge in [0, 0.05) is 25.2 Å². The molecule has 0 radical (unpaired) electrons. The molecule has 1 aromatic carbocycles. The maximum atomic E-state index is 3.73. The first-order valence-electron chi connectivity index (χ1n) is 8.37. The van der Waals surface area contributed by atoms with Gasteiger partial charge in [0.25, 0.3) is 0 Å². The van der Waals surface area contributed by atoms with Gasteiger partial charge < -0.3 is 10.2 Å². The van der Waals surface area contributed by atoms with Gasteiger partial charge in [-0.1, -0.05) is 37.3 Å². The Morgan fingerprint density at radius 3 is 2.62 bits per heavy atom. The predicted octanol–water partition coefficient (Wildman–Crippen LogP) is 2.75. The lowest BCUT2D eigenvalue weighted by Gasteiger charge is -2.40. The number of nitrogens with one attached hydrogen (secondary N) is 1. The molecule has 1 aromatic rings. The smallest absolute Gasteiger partial charge is 0.0449 e. The Morgan fingerprint density at radius 2 is 1.95 bits per heavy atom. The van der Waals surface area contributed by atoms with Crippen LogP contribution in [0.25, 0.3) is 0 Å². The quantitative estimate of drug-likeness (QED) is 0.779. The zero-order valence-electron chi connectivity index (χ0n) is 13.9. The fourth-order valence-corrected chi connectivity index (χ4v) is 3.18. The molecular formula is C18H31N3. The molecule has 2 rings (SSSR count). The lowest BCUT2D eigenvalue weighted by molar-refractivity contribution is 0.123. The summed E-state index contributed by atoms with van der Waals surface area (Å²) < 4.78 is 0. The summed E-state index contributed by atoms with van der Waals surface area (Å²) in [6.45, 7) is 7.00. The Hall–Kier alpha value is -0.900. The van der Waals surface area contributed by atoms with Crippen molar-refractivity contribution in [1.82, 2.24) is 15.1 Å². The van der Waals surface area contributed by atoms with E-state index in [9.17, 15) is 0 Å². The SMILES string of the molecule is CCC1CNC(c2ccccc2)CN1CCCCN(C)C. The topological polar surface area (TPSA) is 18.5 Å². The third-order valence-electron chi connectivity index (χ3n) is 4.51. The molecule has 1 aliphatic rings. The first-order valence-corrected chi connectivity index (χ1v) is 8.37. The molecule has 2 atom stereocenters. The molecule has 1 saturated heterocycles. The average molecular weight is 289 g/mol. The van der Waals surface area contributed by atoms with E-state index in [-0.39, 0.29) is 0 Å². The molecule has 0 saturated carbocycles. The van der Waals surface area contributed by atoms with Crippen molar-refractivity contribution in [2.75, 3.05) is 40.3 Å². The lowest BCUT2D eigenvalue weighted by Crippen LogP contribution is -2.52.